The molecule has 0 bridgehead atoms. The standard InChI is InChI=1S/C13H17N3O2/c17-12(15-11-5-2-1-3-6-11)10-16-8-4-7-14-9-13(16)18/h1-3,5-6,14H,4,7-10H2,(H,15,17). The Morgan fingerprint density at radius 3 is 2.89 bits per heavy atom. The van der Waals surface area contributed by atoms with Gasteiger partial charge in [-0.15, -0.1) is 0 Å². The Labute approximate surface area is 106 Å². The molecular weight excluding hydrogens is 230 g/mol. The molecule has 1 aliphatic rings. The number of amides is 2. The quantitative estimate of drug-likeness (QED) is 0.815. The molecule has 1 fully saturated rings. The summed E-state index contributed by atoms with van der Waals surface area (Å²) in [6.07, 6.45) is 0.879. The van der Waals surface area contributed by atoms with Gasteiger partial charge in [-0.05, 0) is 25.1 Å². The van der Waals surface area contributed by atoms with Crippen LogP contribution < -0.4 is 10.6 Å². The highest BCUT2D eigenvalue weighted by Crippen LogP contribution is 2.05. The van der Waals surface area contributed by atoms with Crippen LogP contribution in [-0.4, -0.2) is 42.9 Å². The predicted octanol–water partition coefficient (Wildman–Crippen LogP) is 0.447. The van der Waals surface area contributed by atoms with Gasteiger partial charge in [-0.25, -0.2) is 0 Å². The minimum Gasteiger partial charge on any atom is -0.332 e. The third kappa shape index (κ3) is 3.56. The average Bonchev–Trinajstić information content (AvgIpc) is 2.56. The van der Waals surface area contributed by atoms with E-state index < -0.39 is 0 Å². The van der Waals surface area contributed by atoms with Crippen LogP contribution in [0.4, 0.5) is 5.69 Å². The van der Waals surface area contributed by atoms with Gasteiger partial charge in [0.25, 0.3) is 0 Å². The van der Waals surface area contributed by atoms with Crippen molar-refractivity contribution in [3.63, 3.8) is 0 Å². The summed E-state index contributed by atoms with van der Waals surface area (Å²) in [6, 6.07) is 9.25. The van der Waals surface area contributed by atoms with Crippen molar-refractivity contribution >= 4 is 17.5 Å². The molecule has 5 heteroatoms. The lowest BCUT2D eigenvalue weighted by molar-refractivity contribution is -0.133. The molecule has 1 aromatic rings. The van der Waals surface area contributed by atoms with Crippen LogP contribution in [0, 0.1) is 0 Å². The van der Waals surface area contributed by atoms with E-state index in [0.717, 1.165) is 18.7 Å². The van der Waals surface area contributed by atoms with Crippen LogP contribution in [0.2, 0.25) is 0 Å². The van der Waals surface area contributed by atoms with Crippen molar-refractivity contribution in [3.05, 3.63) is 30.3 Å². The summed E-state index contributed by atoms with van der Waals surface area (Å²) in [5.74, 6) is -0.174. The largest absolute Gasteiger partial charge is 0.332 e. The number of benzene rings is 1. The van der Waals surface area contributed by atoms with E-state index in [2.05, 4.69) is 10.6 Å². The second-order valence-corrected chi connectivity index (χ2v) is 4.26. The topological polar surface area (TPSA) is 61.4 Å². The van der Waals surface area contributed by atoms with Crippen molar-refractivity contribution in [2.45, 2.75) is 6.42 Å². The van der Waals surface area contributed by atoms with Gasteiger partial charge >= 0.3 is 0 Å². The zero-order chi connectivity index (χ0) is 12.8. The SMILES string of the molecule is O=C(CN1CCCNCC1=O)Nc1ccccc1. The molecule has 1 heterocycles. The third-order valence-electron chi connectivity index (χ3n) is 2.80. The van der Waals surface area contributed by atoms with E-state index in [1.807, 2.05) is 30.3 Å². The summed E-state index contributed by atoms with van der Waals surface area (Å²) in [5, 5.41) is 5.80. The molecule has 0 atom stereocenters. The first-order valence-corrected chi connectivity index (χ1v) is 6.09. The Kier molecular flexibility index (Phi) is 4.30. The minimum absolute atomic E-state index is 0.0179. The maximum Gasteiger partial charge on any atom is 0.243 e. The number of nitrogens with one attached hydrogen (secondary N) is 2. The first-order chi connectivity index (χ1) is 8.75. The smallest absolute Gasteiger partial charge is 0.243 e. The second-order valence-electron chi connectivity index (χ2n) is 4.26. The molecule has 2 N–H and O–H groups in total. The highest BCUT2D eigenvalue weighted by molar-refractivity contribution is 5.94. The molecule has 0 aliphatic carbocycles. The van der Waals surface area contributed by atoms with Gasteiger partial charge in [0.2, 0.25) is 11.8 Å². The van der Waals surface area contributed by atoms with Crippen molar-refractivity contribution in [1.29, 1.82) is 0 Å². The normalized spacial score (nSPS) is 16.2. The van der Waals surface area contributed by atoms with Crippen molar-refractivity contribution in [2.75, 3.05) is 31.5 Å². The average molecular weight is 247 g/mol. The minimum atomic E-state index is -0.156. The molecule has 1 aromatic carbocycles. The lowest BCUT2D eigenvalue weighted by atomic mass is 10.3. The summed E-state index contributed by atoms with van der Waals surface area (Å²) >= 11 is 0. The Balaban J connectivity index is 1.88. The molecule has 5 nitrogen and oxygen atoms in total. The van der Waals surface area contributed by atoms with Crippen LogP contribution in [0.15, 0.2) is 30.3 Å². The first-order valence-electron chi connectivity index (χ1n) is 6.09. The van der Waals surface area contributed by atoms with Gasteiger partial charge in [0.15, 0.2) is 0 Å². The summed E-state index contributed by atoms with van der Waals surface area (Å²) in [6.45, 7) is 1.89. The molecule has 18 heavy (non-hydrogen) atoms. The van der Waals surface area contributed by atoms with Crippen molar-refractivity contribution < 1.29 is 9.59 Å². The number of hydrogen-bond acceptors (Lipinski definition) is 3. The first kappa shape index (κ1) is 12.6. The van der Waals surface area contributed by atoms with Crippen LogP contribution in [0.1, 0.15) is 6.42 Å². The van der Waals surface area contributed by atoms with E-state index >= 15 is 0 Å². The van der Waals surface area contributed by atoms with E-state index in [1.54, 1.807) is 4.90 Å². The molecular formula is C13H17N3O2. The van der Waals surface area contributed by atoms with Crippen LogP contribution in [-0.2, 0) is 9.59 Å². The number of nitrogens with zero attached hydrogens (tertiary/aromatic N) is 1. The summed E-state index contributed by atoms with van der Waals surface area (Å²) in [4.78, 5) is 25.1. The Morgan fingerprint density at radius 2 is 2.11 bits per heavy atom. The second kappa shape index (κ2) is 6.16. The molecule has 0 unspecified atom stereocenters. The number of rotatable bonds is 3. The molecule has 1 saturated heterocycles. The van der Waals surface area contributed by atoms with Gasteiger partial charge in [-0.1, -0.05) is 18.2 Å². The van der Waals surface area contributed by atoms with Gasteiger partial charge in [0, 0.05) is 12.2 Å². The highest BCUT2D eigenvalue weighted by atomic mass is 16.2. The predicted molar refractivity (Wildman–Crippen MR) is 69.1 cm³/mol. The van der Waals surface area contributed by atoms with Gasteiger partial charge in [-0.3, -0.25) is 9.59 Å². The van der Waals surface area contributed by atoms with E-state index in [1.165, 1.54) is 0 Å². The number of hydrogen-bond donors (Lipinski definition) is 2. The van der Waals surface area contributed by atoms with E-state index in [4.69, 9.17) is 0 Å². The number of para-hydroxylation sites is 1. The lowest BCUT2D eigenvalue weighted by Gasteiger charge is -2.19. The molecule has 96 valence electrons. The van der Waals surface area contributed by atoms with Gasteiger partial charge < -0.3 is 15.5 Å². The van der Waals surface area contributed by atoms with Crippen molar-refractivity contribution in [2.24, 2.45) is 0 Å². The van der Waals surface area contributed by atoms with Crippen molar-refractivity contribution in [1.82, 2.24) is 10.2 Å². The van der Waals surface area contributed by atoms with Gasteiger partial charge in [-0.2, -0.15) is 0 Å². The lowest BCUT2D eigenvalue weighted by Crippen LogP contribution is -2.40. The van der Waals surface area contributed by atoms with E-state index in [0.29, 0.717) is 13.1 Å². The zero-order valence-electron chi connectivity index (χ0n) is 10.2. The summed E-state index contributed by atoms with van der Waals surface area (Å²) < 4.78 is 0. The number of carbonyl (C=O) groups excluding carboxylic acids is 2. The third-order valence-corrected chi connectivity index (χ3v) is 2.80. The van der Waals surface area contributed by atoms with Gasteiger partial charge in [0.05, 0.1) is 13.1 Å². The maximum absolute atomic E-state index is 11.8. The van der Waals surface area contributed by atoms with Crippen molar-refractivity contribution in [3.8, 4) is 0 Å². The molecule has 0 spiro atoms. The summed E-state index contributed by atoms with van der Waals surface area (Å²) in [5.41, 5.74) is 0.753. The summed E-state index contributed by atoms with van der Waals surface area (Å²) in [7, 11) is 0. The van der Waals surface area contributed by atoms with Gasteiger partial charge in [0.1, 0.15) is 0 Å². The van der Waals surface area contributed by atoms with E-state index in [9.17, 15) is 9.59 Å². The Morgan fingerprint density at radius 1 is 1.33 bits per heavy atom. The Bertz CT molecular complexity index is 420. The number of carbonyl (C=O) groups is 2. The highest BCUT2D eigenvalue weighted by Gasteiger charge is 2.18. The molecule has 2 rings (SSSR count). The fourth-order valence-electron chi connectivity index (χ4n) is 1.89. The van der Waals surface area contributed by atoms with Crippen LogP contribution in [0.5, 0.6) is 0 Å². The monoisotopic (exact) mass is 247 g/mol. The Hall–Kier alpha value is -1.88. The van der Waals surface area contributed by atoms with E-state index in [-0.39, 0.29) is 18.4 Å². The number of anilines is 1. The molecule has 0 radical (unpaired) electrons. The molecule has 1 aliphatic heterocycles. The fraction of sp³-hybridized carbons (Fsp3) is 0.385. The van der Waals surface area contributed by atoms with Crippen LogP contribution in [0.25, 0.3) is 0 Å². The maximum atomic E-state index is 11.8. The fourth-order valence-corrected chi connectivity index (χ4v) is 1.89. The molecule has 2 amide bonds. The molecule has 0 aromatic heterocycles. The van der Waals surface area contributed by atoms with Crippen LogP contribution in [0.3, 0.4) is 0 Å². The van der Waals surface area contributed by atoms with Crippen LogP contribution >= 0.6 is 0 Å². The molecule has 0 saturated carbocycles. The zero-order valence-corrected chi connectivity index (χ0v) is 10.2.